The summed E-state index contributed by atoms with van der Waals surface area (Å²) < 4.78 is 5.24. The van der Waals surface area contributed by atoms with E-state index in [9.17, 15) is 14.4 Å². The monoisotopic (exact) mass is 456 g/mol. The van der Waals surface area contributed by atoms with Crippen LogP contribution in [0, 0.1) is 6.92 Å². The Balaban J connectivity index is 1.64. The maximum absolute atomic E-state index is 13.3. The normalized spacial score (nSPS) is 14.6. The van der Waals surface area contributed by atoms with Crippen molar-refractivity contribution in [3.05, 3.63) is 94.2 Å². The van der Waals surface area contributed by atoms with Crippen molar-refractivity contribution in [3.63, 3.8) is 0 Å². The first-order valence-corrected chi connectivity index (χ1v) is 11.2. The zero-order valence-electron chi connectivity index (χ0n) is 17.9. The van der Waals surface area contributed by atoms with Gasteiger partial charge >= 0.3 is 0 Å². The lowest BCUT2D eigenvalue weighted by molar-refractivity contribution is 0.0959. The Morgan fingerprint density at radius 2 is 1.79 bits per heavy atom. The number of carbonyl (C=O) groups is 3. The number of hydrogen-bond acceptors (Lipinski definition) is 5. The third-order valence-electron chi connectivity index (χ3n) is 5.82. The van der Waals surface area contributed by atoms with Gasteiger partial charge in [0.05, 0.1) is 10.7 Å². The molecule has 5 rings (SSSR count). The number of hydrogen-bond donors (Lipinski definition) is 3. The zero-order valence-corrected chi connectivity index (χ0v) is 18.7. The molecule has 0 spiro atoms. The topological polar surface area (TPSA) is 100 Å². The molecule has 0 aliphatic carbocycles. The first kappa shape index (κ1) is 20.8. The quantitative estimate of drug-likeness (QED) is 0.431. The van der Waals surface area contributed by atoms with E-state index in [1.165, 1.54) is 18.6 Å². The van der Waals surface area contributed by atoms with E-state index in [1.807, 2.05) is 55.5 Å². The molecule has 0 radical (unpaired) electrons. The molecule has 0 fully saturated rings. The second kappa shape index (κ2) is 8.14. The van der Waals surface area contributed by atoms with Crippen LogP contribution in [0.25, 0.3) is 10.1 Å². The number of rotatable bonds is 4. The Labute approximate surface area is 194 Å². The smallest absolute Gasteiger partial charge is 0.276 e. The molecule has 0 saturated carbocycles. The van der Waals surface area contributed by atoms with Gasteiger partial charge in [0.1, 0.15) is 5.69 Å². The Kier molecular flexibility index (Phi) is 5.14. The molecule has 164 valence electrons. The molecule has 3 aromatic carbocycles. The van der Waals surface area contributed by atoms with E-state index in [0.717, 1.165) is 21.2 Å². The van der Waals surface area contributed by atoms with Crippen molar-refractivity contribution >= 4 is 45.0 Å². The molecular formula is C25H20N4O3S. The van der Waals surface area contributed by atoms with Crippen LogP contribution in [-0.4, -0.2) is 29.1 Å². The molecule has 7 nitrogen and oxygen atoms in total. The van der Waals surface area contributed by atoms with Gasteiger partial charge in [-0.3, -0.25) is 14.4 Å². The molecule has 2 heterocycles. The van der Waals surface area contributed by atoms with Gasteiger partial charge < -0.3 is 16.0 Å². The highest BCUT2D eigenvalue weighted by atomic mass is 32.1. The summed E-state index contributed by atoms with van der Waals surface area (Å²) in [5.74, 6) is -1.04. The lowest BCUT2D eigenvalue weighted by Gasteiger charge is -2.19. The summed E-state index contributed by atoms with van der Waals surface area (Å²) in [5, 5.41) is 9.26. The van der Waals surface area contributed by atoms with E-state index in [-0.39, 0.29) is 17.4 Å². The average molecular weight is 457 g/mol. The van der Waals surface area contributed by atoms with E-state index in [4.69, 9.17) is 0 Å². The Hall–Kier alpha value is -4.04. The minimum atomic E-state index is -0.449. The van der Waals surface area contributed by atoms with E-state index >= 15 is 0 Å². The zero-order chi connectivity index (χ0) is 23.1. The van der Waals surface area contributed by atoms with Crippen molar-refractivity contribution in [1.82, 2.24) is 15.0 Å². The molecule has 1 atom stereocenters. The third kappa shape index (κ3) is 3.54. The molecule has 1 aliphatic rings. The van der Waals surface area contributed by atoms with Crippen molar-refractivity contribution in [2.24, 2.45) is 0 Å². The standard InChI is InChI=1S/C25H20N4O3S/c1-13-7-3-4-8-15(13)21-20-17(24(31)28-21)11-14(23(30)26-2)12-18(20)27-25(32)22-16-9-5-6-10-19(16)33-29-22/h3-12,21H,1-2H3,(H,26,30)(H,27,32)(H,28,31). The van der Waals surface area contributed by atoms with Crippen molar-refractivity contribution in [2.45, 2.75) is 13.0 Å². The van der Waals surface area contributed by atoms with Crippen LogP contribution in [0.15, 0.2) is 60.7 Å². The Morgan fingerprint density at radius 1 is 1.03 bits per heavy atom. The molecule has 3 N–H and O–H groups in total. The second-order valence-corrected chi connectivity index (χ2v) is 8.61. The summed E-state index contributed by atoms with van der Waals surface area (Å²) in [4.78, 5) is 38.6. The summed E-state index contributed by atoms with van der Waals surface area (Å²) in [6, 6.07) is 18.0. The lowest BCUT2D eigenvalue weighted by atomic mass is 9.92. The van der Waals surface area contributed by atoms with Crippen LogP contribution in [0.2, 0.25) is 0 Å². The largest absolute Gasteiger partial charge is 0.355 e. The van der Waals surface area contributed by atoms with E-state index in [1.54, 1.807) is 12.1 Å². The number of fused-ring (bicyclic) bond motifs is 2. The predicted molar refractivity (Wildman–Crippen MR) is 128 cm³/mol. The molecule has 1 aliphatic heterocycles. The van der Waals surface area contributed by atoms with Gasteiger partial charge in [0.15, 0.2) is 0 Å². The second-order valence-electron chi connectivity index (χ2n) is 7.81. The van der Waals surface area contributed by atoms with Crippen LogP contribution in [0.1, 0.15) is 53.9 Å². The fourth-order valence-corrected chi connectivity index (χ4v) is 4.96. The molecule has 3 amide bonds. The van der Waals surface area contributed by atoms with E-state index in [2.05, 4.69) is 20.3 Å². The summed E-state index contributed by atoms with van der Waals surface area (Å²) in [7, 11) is 1.52. The van der Waals surface area contributed by atoms with Crippen molar-refractivity contribution in [1.29, 1.82) is 0 Å². The average Bonchev–Trinajstić information content (AvgIpc) is 3.40. The number of amides is 3. The number of aryl methyl sites for hydroxylation is 1. The number of nitrogens with zero attached hydrogens (tertiary/aromatic N) is 1. The van der Waals surface area contributed by atoms with Gasteiger partial charge in [0.25, 0.3) is 17.7 Å². The SMILES string of the molecule is CNC(=O)c1cc(NC(=O)c2nsc3ccccc23)c2c(c1)C(=O)NC2c1ccccc1C. The summed E-state index contributed by atoms with van der Waals surface area (Å²) in [6.07, 6.45) is 0. The van der Waals surface area contributed by atoms with Gasteiger partial charge in [-0.25, -0.2) is 0 Å². The van der Waals surface area contributed by atoms with Gasteiger partial charge in [0.2, 0.25) is 0 Å². The van der Waals surface area contributed by atoms with Crippen LogP contribution in [0.4, 0.5) is 5.69 Å². The van der Waals surface area contributed by atoms with Crippen molar-refractivity contribution in [3.8, 4) is 0 Å². The number of nitrogens with one attached hydrogen (secondary N) is 3. The van der Waals surface area contributed by atoms with Crippen molar-refractivity contribution < 1.29 is 14.4 Å². The highest BCUT2D eigenvalue weighted by Gasteiger charge is 2.35. The number of benzene rings is 3. The molecular weight excluding hydrogens is 436 g/mol. The van der Waals surface area contributed by atoms with Crippen LogP contribution < -0.4 is 16.0 Å². The predicted octanol–water partition coefficient (Wildman–Crippen LogP) is 4.05. The van der Waals surface area contributed by atoms with Crippen LogP contribution in [0.3, 0.4) is 0 Å². The van der Waals surface area contributed by atoms with E-state index in [0.29, 0.717) is 22.5 Å². The molecule has 0 bridgehead atoms. The fourth-order valence-electron chi connectivity index (χ4n) is 4.19. The number of anilines is 1. The molecule has 8 heteroatoms. The number of carbonyl (C=O) groups excluding carboxylic acids is 3. The van der Waals surface area contributed by atoms with Gasteiger partial charge in [-0.1, -0.05) is 42.5 Å². The lowest BCUT2D eigenvalue weighted by Crippen LogP contribution is -2.21. The molecule has 1 unspecified atom stereocenters. The molecule has 33 heavy (non-hydrogen) atoms. The van der Waals surface area contributed by atoms with Gasteiger partial charge in [-0.2, -0.15) is 4.37 Å². The Bertz CT molecular complexity index is 1440. The summed E-state index contributed by atoms with van der Waals surface area (Å²) >= 11 is 1.25. The third-order valence-corrected chi connectivity index (χ3v) is 6.64. The first-order valence-electron chi connectivity index (χ1n) is 10.4. The van der Waals surface area contributed by atoms with Gasteiger partial charge in [0, 0.05) is 34.8 Å². The van der Waals surface area contributed by atoms with Crippen LogP contribution in [-0.2, 0) is 0 Å². The maximum atomic E-state index is 13.3. The maximum Gasteiger partial charge on any atom is 0.276 e. The minimum Gasteiger partial charge on any atom is -0.355 e. The minimum absolute atomic E-state index is 0.287. The molecule has 1 aromatic heterocycles. The number of aromatic nitrogens is 1. The van der Waals surface area contributed by atoms with Crippen LogP contribution >= 0.6 is 11.5 Å². The highest BCUT2D eigenvalue weighted by Crippen LogP contribution is 2.39. The summed E-state index contributed by atoms with van der Waals surface area (Å²) in [6.45, 7) is 1.97. The first-order chi connectivity index (χ1) is 16.0. The Morgan fingerprint density at radius 3 is 2.58 bits per heavy atom. The highest BCUT2D eigenvalue weighted by molar-refractivity contribution is 7.13. The van der Waals surface area contributed by atoms with Gasteiger partial charge in [-0.15, -0.1) is 0 Å². The molecule has 0 saturated heterocycles. The molecule has 4 aromatic rings. The van der Waals surface area contributed by atoms with E-state index < -0.39 is 11.9 Å². The summed E-state index contributed by atoms with van der Waals surface area (Å²) in [5.41, 5.74) is 3.92. The van der Waals surface area contributed by atoms with Crippen molar-refractivity contribution in [2.75, 3.05) is 12.4 Å². The fraction of sp³-hybridized carbons (Fsp3) is 0.120. The van der Waals surface area contributed by atoms with Gasteiger partial charge in [-0.05, 0) is 47.8 Å². The van der Waals surface area contributed by atoms with Crippen LogP contribution in [0.5, 0.6) is 0 Å².